The van der Waals surface area contributed by atoms with Gasteiger partial charge < -0.3 is 29.9 Å². The van der Waals surface area contributed by atoms with E-state index in [1.807, 2.05) is 0 Å². The molecule has 384 valence electrons. The lowest BCUT2D eigenvalue weighted by atomic mass is 9.36. The molecule has 0 aromatic heterocycles. The van der Waals surface area contributed by atoms with Crippen molar-refractivity contribution in [1.29, 1.82) is 0 Å². The summed E-state index contributed by atoms with van der Waals surface area (Å²) in [5, 5.41) is 43.7. The SMILES string of the molecule is C=C(C)[C@@H]1CC[C@]2(C(=O)OC)CCC3C(CCC4[C@@]3(C)CCC3C(C)(C)[C@@H](O)[C@H](O)C[C@@]34C)C12.C=C(C)[C@@H]1CC[C@]2(C(=O)OC)CCC3C(CCC4[C@@]3(C)CCC3C(C)(C)[C@H](O)[C@H](O)C[C@@]34C)C12. The Labute approximate surface area is 412 Å². The third kappa shape index (κ3) is 6.81. The maximum absolute atomic E-state index is 13.2. The number of allylic oxidation sites excluding steroid dienone is 2. The number of methoxy groups -OCH3 is 2. The lowest BCUT2D eigenvalue weighted by molar-refractivity contribution is -0.240. The molecule has 10 fully saturated rings. The summed E-state index contributed by atoms with van der Waals surface area (Å²) >= 11 is 0. The molecule has 10 unspecified atom stereocenters. The number of carbonyl (C=O) groups is 2. The van der Waals surface area contributed by atoms with Gasteiger partial charge >= 0.3 is 11.9 Å². The molecule has 10 aliphatic rings. The van der Waals surface area contributed by atoms with Crippen LogP contribution in [0.2, 0.25) is 0 Å². The fourth-order valence-corrected chi connectivity index (χ4v) is 23.0. The van der Waals surface area contributed by atoms with E-state index in [9.17, 15) is 30.0 Å². The maximum atomic E-state index is 13.2. The molecule has 0 aromatic carbocycles. The van der Waals surface area contributed by atoms with Crippen molar-refractivity contribution in [3.8, 4) is 0 Å². The molecule has 10 saturated carbocycles. The van der Waals surface area contributed by atoms with Gasteiger partial charge in [0.25, 0.3) is 0 Å². The van der Waals surface area contributed by atoms with Crippen LogP contribution in [0.3, 0.4) is 0 Å². The predicted molar refractivity (Wildman–Crippen MR) is 268 cm³/mol. The van der Waals surface area contributed by atoms with E-state index < -0.39 is 24.4 Å². The number of carbonyl (C=O) groups excluding carboxylic acids is 2. The summed E-state index contributed by atoms with van der Waals surface area (Å²) in [6.45, 7) is 31.8. The molecular weight excluding hydrogens is 849 g/mol. The van der Waals surface area contributed by atoms with Crippen LogP contribution in [0.15, 0.2) is 24.3 Å². The van der Waals surface area contributed by atoms with E-state index in [4.69, 9.17) is 9.47 Å². The van der Waals surface area contributed by atoms with Gasteiger partial charge in [0.2, 0.25) is 0 Å². The van der Waals surface area contributed by atoms with Crippen LogP contribution < -0.4 is 0 Å². The quantitative estimate of drug-likeness (QED) is 0.162. The van der Waals surface area contributed by atoms with Crippen LogP contribution in [0.25, 0.3) is 0 Å². The maximum Gasteiger partial charge on any atom is 0.312 e. The molecule has 0 amide bonds. The van der Waals surface area contributed by atoms with Crippen LogP contribution in [0.4, 0.5) is 0 Å². The van der Waals surface area contributed by atoms with Gasteiger partial charge in [-0.3, -0.25) is 9.59 Å². The van der Waals surface area contributed by atoms with Crippen LogP contribution in [0, 0.1) is 114 Å². The molecule has 0 saturated heterocycles. The van der Waals surface area contributed by atoms with Gasteiger partial charge in [0.15, 0.2) is 0 Å². The highest BCUT2D eigenvalue weighted by Gasteiger charge is 2.71. The zero-order valence-corrected chi connectivity index (χ0v) is 44.8. The van der Waals surface area contributed by atoms with Crippen molar-refractivity contribution in [2.75, 3.05) is 14.2 Å². The molecule has 10 aliphatic carbocycles. The van der Waals surface area contributed by atoms with E-state index in [0.717, 1.165) is 64.2 Å². The highest BCUT2D eigenvalue weighted by atomic mass is 16.5. The van der Waals surface area contributed by atoms with E-state index in [1.54, 1.807) is 14.2 Å². The Morgan fingerprint density at radius 1 is 0.456 bits per heavy atom. The van der Waals surface area contributed by atoms with Gasteiger partial charge in [-0.2, -0.15) is 0 Å². The standard InChI is InChI=1S/2C30H48O4/c2*1-17(2)18-10-14-30(26(33)34-7)15-11-20-19(24(18)30)8-9-23-28(20,5)13-12-22-27(3,4)25(32)21(31)16-29(22,23)6/h2*18-25,31-32H,1,8-16H2,2-7H3/t18-,19?,20?,21+,22?,23?,24?,25+,28-,29-,30-;18-,19?,20?,21+,22?,23?,24?,25-,28-,29-,30-/m00/s1. The molecule has 8 heteroatoms. The largest absolute Gasteiger partial charge is 0.469 e. The van der Waals surface area contributed by atoms with Gasteiger partial charge in [-0.1, -0.05) is 79.7 Å². The number of aliphatic hydroxyl groups excluding tert-OH is 4. The van der Waals surface area contributed by atoms with Crippen molar-refractivity contribution in [2.45, 2.75) is 209 Å². The van der Waals surface area contributed by atoms with Crippen molar-refractivity contribution < 1.29 is 39.5 Å². The molecule has 8 nitrogen and oxygen atoms in total. The van der Waals surface area contributed by atoms with Gasteiger partial charge in [0.05, 0.1) is 49.5 Å². The first-order valence-corrected chi connectivity index (χ1v) is 27.9. The first-order valence-electron chi connectivity index (χ1n) is 27.9. The smallest absolute Gasteiger partial charge is 0.312 e. The summed E-state index contributed by atoms with van der Waals surface area (Å²) in [6.07, 6.45) is 16.3. The number of esters is 2. The summed E-state index contributed by atoms with van der Waals surface area (Å²) in [5.41, 5.74) is 1.82. The Hall–Kier alpha value is -1.74. The number of fused-ring (bicyclic) bond motifs is 14. The molecule has 0 aromatic rings. The minimum Gasteiger partial charge on any atom is -0.469 e. The van der Waals surface area contributed by atoms with Crippen molar-refractivity contribution in [3.05, 3.63) is 24.3 Å². The minimum absolute atomic E-state index is 0.0220. The normalized spacial score (nSPS) is 53.6. The fraction of sp³-hybridized carbons (Fsp3) is 0.900. The zero-order valence-electron chi connectivity index (χ0n) is 44.8. The molecule has 4 N–H and O–H groups in total. The van der Waals surface area contributed by atoms with E-state index in [-0.39, 0.29) is 55.3 Å². The zero-order chi connectivity index (χ0) is 49.7. The van der Waals surface area contributed by atoms with Crippen molar-refractivity contribution in [1.82, 2.24) is 0 Å². The molecule has 10 rings (SSSR count). The molecule has 68 heavy (non-hydrogen) atoms. The number of hydrogen-bond acceptors (Lipinski definition) is 8. The number of ether oxygens (including phenoxy) is 2. The van der Waals surface area contributed by atoms with Crippen molar-refractivity contribution in [3.63, 3.8) is 0 Å². The molecule has 0 bridgehead atoms. The second-order valence-electron chi connectivity index (χ2n) is 28.5. The third-order valence-corrected chi connectivity index (χ3v) is 25.5. The van der Waals surface area contributed by atoms with Gasteiger partial charge in [-0.25, -0.2) is 0 Å². The number of hydrogen-bond donors (Lipinski definition) is 4. The monoisotopic (exact) mass is 945 g/mol. The average Bonchev–Trinajstić information content (AvgIpc) is 3.89. The number of aliphatic hydroxyl groups is 4. The van der Waals surface area contributed by atoms with Crippen LogP contribution in [-0.2, 0) is 19.1 Å². The molecule has 22 atom stereocenters. The second kappa shape index (κ2) is 16.9. The fourth-order valence-electron chi connectivity index (χ4n) is 23.0. The topological polar surface area (TPSA) is 134 Å². The van der Waals surface area contributed by atoms with Gasteiger partial charge in [-0.15, -0.1) is 0 Å². The second-order valence-corrected chi connectivity index (χ2v) is 28.5. The molecule has 0 aliphatic heterocycles. The highest BCUT2D eigenvalue weighted by Crippen LogP contribution is 2.76. The van der Waals surface area contributed by atoms with Crippen LogP contribution in [-0.4, -0.2) is 71.0 Å². The van der Waals surface area contributed by atoms with E-state index in [2.05, 4.69) is 82.4 Å². The first-order chi connectivity index (χ1) is 31.7. The highest BCUT2D eigenvalue weighted by molar-refractivity contribution is 5.78. The Morgan fingerprint density at radius 2 is 0.794 bits per heavy atom. The summed E-state index contributed by atoms with van der Waals surface area (Å²) in [4.78, 5) is 26.5. The number of rotatable bonds is 4. The molecule has 0 heterocycles. The lowest BCUT2D eigenvalue weighted by Gasteiger charge is -2.69. The Balaban J connectivity index is 0.000000170. The van der Waals surface area contributed by atoms with E-state index in [1.165, 1.54) is 49.7 Å². The summed E-state index contributed by atoms with van der Waals surface area (Å²) in [5.74, 6) is 5.88. The first kappa shape index (κ1) is 51.2. The van der Waals surface area contributed by atoms with Crippen LogP contribution in [0.5, 0.6) is 0 Å². The summed E-state index contributed by atoms with van der Waals surface area (Å²) < 4.78 is 10.9. The third-order valence-electron chi connectivity index (χ3n) is 25.5. The summed E-state index contributed by atoms with van der Waals surface area (Å²) in [7, 11) is 3.14. The Bertz CT molecular complexity index is 1870. The van der Waals surface area contributed by atoms with Crippen molar-refractivity contribution >= 4 is 11.9 Å². The summed E-state index contributed by atoms with van der Waals surface area (Å²) in [6, 6.07) is 0. The van der Waals surface area contributed by atoms with Crippen LogP contribution >= 0.6 is 0 Å². The average molecular weight is 945 g/mol. The molecule has 0 radical (unpaired) electrons. The van der Waals surface area contributed by atoms with E-state index in [0.29, 0.717) is 83.9 Å². The Morgan fingerprint density at radius 3 is 1.12 bits per heavy atom. The minimum atomic E-state index is -0.642. The predicted octanol–water partition coefficient (Wildman–Crippen LogP) is 11.5. The van der Waals surface area contributed by atoms with Gasteiger partial charge in [0, 0.05) is 0 Å². The Kier molecular flexibility index (Phi) is 12.7. The van der Waals surface area contributed by atoms with Crippen LogP contribution in [0.1, 0.15) is 185 Å². The van der Waals surface area contributed by atoms with Gasteiger partial charge in [0.1, 0.15) is 0 Å². The molecular formula is C60H96O8. The van der Waals surface area contributed by atoms with Crippen molar-refractivity contribution in [2.24, 2.45) is 114 Å². The van der Waals surface area contributed by atoms with E-state index >= 15 is 0 Å². The molecule has 0 spiro atoms. The van der Waals surface area contributed by atoms with Gasteiger partial charge in [-0.05, 0) is 233 Å². The lowest BCUT2D eigenvalue weighted by Crippen LogP contribution is -2.66.